The van der Waals surface area contributed by atoms with Gasteiger partial charge in [0.1, 0.15) is 0 Å². The lowest BCUT2D eigenvalue weighted by molar-refractivity contribution is -0.00000699. The Bertz CT molecular complexity index is 690. The Balaban J connectivity index is 0.000000882. The van der Waals surface area contributed by atoms with Crippen molar-refractivity contribution in [3.63, 3.8) is 0 Å². The van der Waals surface area contributed by atoms with Gasteiger partial charge in [-0.1, -0.05) is 24.3 Å². The maximum atomic E-state index is 9.84. The predicted octanol–water partition coefficient (Wildman–Crippen LogP) is -1.17. The SMILES string of the molecule is O.Oc1cc2c(cc1O)[C@H]1c3ccccc3CN[C@@H]1CC2.[Cl-]. The molecule has 22 heavy (non-hydrogen) atoms. The molecule has 1 aliphatic heterocycles. The number of nitrogens with one attached hydrogen (secondary N) is 1. The molecule has 2 aliphatic rings. The Hall–Kier alpha value is -1.75. The van der Waals surface area contributed by atoms with E-state index < -0.39 is 0 Å². The summed E-state index contributed by atoms with van der Waals surface area (Å²) in [5, 5.41) is 23.2. The van der Waals surface area contributed by atoms with Gasteiger partial charge in [0.25, 0.3) is 0 Å². The minimum atomic E-state index is -0.0209. The van der Waals surface area contributed by atoms with Crippen LogP contribution in [-0.4, -0.2) is 21.7 Å². The summed E-state index contributed by atoms with van der Waals surface area (Å²) in [6.07, 6.45) is 2.01. The second-order valence-corrected chi connectivity index (χ2v) is 5.74. The van der Waals surface area contributed by atoms with Crippen LogP contribution in [0.25, 0.3) is 0 Å². The van der Waals surface area contributed by atoms with Crippen LogP contribution >= 0.6 is 0 Å². The number of hydrogen-bond acceptors (Lipinski definition) is 3. The summed E-state index contributed by atoms with van der Waals surface area (Å²) in [6.45, 7) is 0.913. The number of phenolic OH excluding ortho intramolecular Hbond substituents is 2. The van der Waals surface area contributed by atoms with Gasteiger partial charge in [-0.05, 0) is 47.2 Å². The summed E-state index contributed by atoms with van der Waals surface area (Å²) >= 11 is 0. The molecule has 0 aromatic heterocycles. The number of fused-ring (bicyclic) bond motifs is 5. The number of aromatic hydroxyl groups is 2. The quantitative estimate of drug-likeness (QED) is 0.535. The predicted molar refractivity (Wildman–Crippen MR) is 80.6 cm³/mol. The molecular formula is C17H19ClNO3-. The molecule has 0 radical (unpaired) electrons. The number of rotatable bonds is 0. The largest absolute Gasteiger partial charge is 1.00 e. The van der Waals surface area contributed by atoms with Crippen LogP contribution in [0.3, 0.4) is 0 Å². The molecule has 4 rings (SSSR count). The zero-order valence-corrected chi connectivity index (χ0v) is 12.8. The number of phenols is 2. The van der Waals surface area contributed by atoms with Crippen molar-refractivity contribution in [3.8, 4) is 11.5 Å². The molecule has 0 bridgehead atoms. The van der Waals surface area contributed by atoms with Gasteiger partial charge in [0.2, 0.25) is 0 Å². The maximum absolute atomic E-state index is 9.84. The van der Waals surface area contributed by atoms with E-state index in [0.717, 1.165) is 30.5 Å². The lowest BCUT2D eigenvalue weighted by Gasteiger charge is -2.39. The smallest absolute Gasteiger partial charge is 0.157 e. The third-order valence-corrected chi connectivity index (χ3v) is 4.64. The van der Waals surface area contributed by atoms with Crippen molar-refractivity contribution in [2.75, 3.05) is 0 Å². The molecule has 2 atom stereocenters. The van der Waals surface area contributed by atoms with Crippen molar-refractivity contribution in [3.05, 3.63) is 58.7 Å². The van der Waals surface area contributed by atoms with E-state index in [1.165, 1.54) is 11.1 Å². The fourth-order valence-corrected chi connectivity index (χ4v) is 3.68. The van der Waals surface area contributed by atoms with Crippen LogP contribution in [0.4, 0.5) is 0 Å². The first-order chi connectivity index (χ1) is 9.74. The Morgan fingerprint density at radius 3 is 2.50 bits per heavy atom. The summed E-state index contributed by atoms with van der Waals surface area (Å²) < 4.78 is 0. The van der Waals surface area contributed by atoms with Crippen molar-refractivity contribution < 1.29 is 28.1 Å². The number of aryl methyl sites for hydroxylation is 1. The molecule has 0 spiro atoms. The minimum Gasteiger partial charge on any atom is -1.00 e. The van der Waals surface area contributed by atoms with Crippen molar-refractivity contribution in [2.24, 2.45) is 0 Å². The van der Waals surface area contributed by atoms with Crippen LogP contribution in [-0.2, 0) is 13.0 Å². The molecule has 4 nitrogen and oxygen atoms in total. The summed E-state index contributed by atoms with van der Waals surface area (Å²) in [5.74, 6) is 0.238. The second-order valence-electron chi connectivity index (χ2n) is 5.74. The molecule has 0 amide bonds. The summed E-state index contributed by atoms with van der Waals surface area (Å²) in [5.41, 5.74) is 4.98. The molecule has 5 N–H and O–H groups in total. The van der Waals surface area contributed by atoms with Gasteiger partial charge < -0.3 is 33.4 Å². The van der Waals surface area contributed by atoms with E-state index in [1.54, 1.807) is 12.1 Å². The Morgan fingerprint density at radius 1 is 0.955 bits per heavy atom. The highest BCUT2D eigenvalue weighted by molar-refractivity contribution is 5.53. The second kappa shape index (κ2) is 6.16. The fraction of sp³-hybridized carbons (Fsp3) is 0.294. The van der Waals surface area contributed by atoms with Gasteiger partial charge >= 0.3 is 0 Å². The summed E-state index contributed by atoms with van der Waals surface area (Å²) in [4.78, 5) is 0. The molecule has 0 saturated carbocycles. The number of halogens is 1. The topological polar surface area (TPSA) is 84.0 Å². The molecule has 118 valence electrons. The van der Waals surface area contributed by atoms with E-state index in [4.69, 9.17) is 0 Å². The van der Waals surface area contributed by atoms with Crippen LogP contribution < -0.4 is 17.7 Å². The zero-order valence-electron chi connectivity index (χ0n) is 12.0. The molecule has 1 heterocycles. The molecule has 2 aromatic carbocycles. The Kier molecular flexibility index (Phi) is 4.66. The van der Waals surface area contributed by atoms with Crippen LogP contribution in [0.5, 0.6) is 11.5 Å². The van der Waals surface area contributed by atoms with E-state index in [1.807, 2.05) is 0 Å². The average Bonchev–Trinajstić information content (AvgIpc) is 2.48. The molecular weight excluding hydrogens is 302 g/mol. The van der Waals surface area contributed by atoms with Gasteiger partial charge in [-0.3, -0.25) is 0 Å². The van der Waals surface area contributed by atoms with Crippen LogP contribution in [0.2, 0.25) is 0 Å². The first-order valence-corrected chi connectivity index (χ1v) is 7.10. The van der Waals surface area contributed by atoms with E-state index >= 15 is 0 Å². The van der Waals surface area contributed by atoms with Crippen molar-refractivity contribution >= 4 is 0 Å². The van der Waals surface area contributed by atoms with Crippen molar-refractivity contribution in [2.45, 2.75) is 31.3 Å². The summed E-state index contributed by atoms with van der Waals surface area (Å²) in [6, 6.07) is 12.4. The van der Waals surface area contributed by atoms with Crippen molar-refractivity contribution in [1.29, 1.82) is 0 Å². The van der Waals surface area contributed by atoms with Crippen LogP contribution in [0.1, 0.15) is 34.6 Å². The third kappa shape index (κ3) is 2.43. The molecule has 0 saturated heterocycles. The van der Waals surface area contributed by atoms with Crippen molar-refractivity contribution in [1.82, 2.24) is 5.32 Å². The lowest BCUT2D eigenvalue weighted by Crippen LogP contribution is -3.00. The van der Waals surface area contributed by atoms with E-state index in [9.17, 15) is 10.2 Å². The minimum absolute atomic E-state index is 0. The third-order valence-electron chi connectivity index (χ3n) is 4.64. The Morgan fingerprint density at radius 2 is 1.68 bits per heavy atom. The number of hydrogen-bond donors (Lipinski definition) is 3. The first kappa shape index (κ1) is 16.6. The van der Waals surface area contributed by atoms with Gasteiger partial charge in [0, 0.05) is 18.5 Å². The lowest BCUT2D eigenvalue weighted by atomic mass is 9.72. The molecule has 0 unspecified atom stereocenters. The average molecular weight is 321 g/mol. The fourth-order valence-electron chi connectivity index (χ4n) is 3.68. The van der Waals surface area contributed by atoms with Gasteiger partial charge in [0.05, 0.1) is 0 Å². The summed E-state index contributed by atoms with van der Waals surface area (Å²) in [7, 11) is 0. The van der Waals surface area contributed by atoms with Gasteiger partial charge in [-0.2, -0.15) is 0 Å². The molecule has 1 aliphatic carbocycles. The zero-order chi connectivity index (χ0) is 13.7. The highest BCUT2D eigenvalue weighted by atomic mass is 35.5. The van der Waals surface area contributed by atoms with Crippen LogP contribution in [0, 0.1) is 0 Å². The van der Waals surface area contributed by atoms with E-state index in [0.29, 0.717) is 6.04 Å². The molecule has 2 aromatic rings. The maximum Gasteiger partial charge on any atom is 0.157 e. The van der Waals surface area contributed by atoms with Gasteiger partial charge in [0.15, 0.2) is 11.5 Å². The van der Waals surface area contributed by atoms with E-state index in [2.05, 4.69) is 29.6 Å². The molecule has 5 heteroatoms. The monoisotopic (exact) mass is 320 g/mol. The van der Waals surface area contributed by atoms with Crippen LogP contribution in [0.15, 0.2) is 36.4 Å². The highest BCUT2D eigenvalue weighted by Crippen LogP contribution is 2.43. The first-order valence-electron chi connectivity index (χ1n) is 7.10. The standard InChI is InChI=1S/C17H17NO2.ClH.H2O/c19-15-7-10-5-6-14-17(13(10)8-16(15)20)12-4-2-1-3-11(12)9-18-14;;/h1-4,7-8,14,17-20H,5-6,9H2;1H;1H2/p-1/t14-,17-;;/m1../s1. The molecule has 0 fully saturated rings. The van der Waals surface area contributed by atoms with E-state index in [-0.39, 0.29) is 35.3 Å². The Labute approximate surface area is 135 Å². The normalized spacial score (nSPS) is 21.5. The number of benzene rings is 2. The van der Waals surface area contributed by atoms with Gasteiger partial charge in [-0.25, -0.2) is 0 Å². The van der Waals surface area contributed by atoms with Gasteiger partial charge in [-0.15, -0.1) is 0 Å². The highest BCUT2D eigenvalue weighted by Gasteiger charge is 2.35.